The van der Waals surface area contributed by atoms with Crippen LogP contribution in [0.25, 0.3) is 0 Å². The first-order valence-electron chi connectivity index (χ1n) is 12.4. The Balaban J connectivity index is 1.67. The Kier molecular flexibility index (Phi) is 6.52. The molecule has 1 aromatic carbocycles. The van der Waals surface area contributed by atoms with E-state index < -0.39 is 49.1 Å². The largest absolute Gasteiger partial charge is 0.417 e. The molecule has 0 heterocycles. The molecule has 4 aliphatic rings. The molecule has 0 aliphatic heterocycles. The quantitative estimate of drug-likeness (QED) is 0.533. The van der Waals surface area contributed by atoms with Crippen LogP contribution in [-0.2, 0) is 25.8 Å². The van der Waals surface area contributed by atoms with E-state index in [1.807, 2.05) is 0 Å². The van der Waals surface area contributed by atoms with E-state index in [9.17, 15) is 31.2 Å². The van der Waals surface area contributed by atoms with Crippen LogP contribution in [0, 0.1) is 17.3 Å². The van der Waals surface area contributed by atoms with Gasteiger partial charge in [0.2, 0.25) is 21.8 Å². The maximum atomic E-state index is 13.7. The molecule has 36 heavy (non-hydrogen) atoms. The number of hydrogen-bond donors (Lipinski definition) is 2. The van der Waals surface area contributed by atoms with Crippen LogP contribution in [0.4, 0.5) is 13.2 Å². The number of nitrogens with two attached hydrogens (primary N) is 1. The zero-order chi connectivity index (χ0) is 26.7. The van der Waals surface area contributed by atoms with Crippen molar-refractivity contribution in [2.75, 3.05) is 6.54 Å². The van der Waals surface area contributed by atoms with E-state index in [0.717, 1.165) is 28.9 Å². The van der Waals surface area contributed by atoms with Crippen molar-refractivity contribution in [3.05, 3.63) is 29.8 Å². The molecule has 7 nitrogen and oxygen atoms in total. The number of primary amides is 1. The second-order valence-electron chi connectivity index (χ2n) is 11.5. The summed E-state index contributed by atoms with van der Waals surface area (Å²) in [6.07, 6.45) is -0.451. The summed E-state index contributed by atoms with van der Waals surface area (Å²) in [4.78, 5) is 25.3. The van der Waals surface area contributed by atoms with Gasteiger partial charge in [-0.05, 0) is 82.8 Å². The first-order valence-corrected chi connectivity index (χ1v) is 13.8. The summed E-state index contributed by atoms with van der Waals surface area (Å²) >= 11 is 0. The fourth-order valence-corrected chi connectivity index (χ4v) is 9.21. The smallest absolute Gasteiger partial charge is 0.369 e. The molecule has 0 aromatic heterocycles. The molecular weight excluding hydrogens is 495 g/mol. The minimum atomic E-state index is -4.88. The lowest BCUT2D eigenvalue weighted by Crippen LogP contribution is -2.69. The van der Waals surface area contributed by atoms with E-state index in [1.165, 1.54) is 19.9 Å². The number of carbonyl (C=O) groups is 2. The SMILES string of the molecule is CCCN(C(C)(C)C(=O)NC12CC3CC(C1)CC(C(N)=O)(C3)C2)S(=O)(=O)c1ccccc1C(F)(F)F. The zero-order valence-corrected chi connectivity index (χ0v) is 21.6. The highest BCUT2D eigenvalue weighted by molar-refractivity contribution is 7.89. The average molecular weight is 530 g/mol. The molecule has 2 amide bonds. The molecule has 5 rings (SSSR count). The van der Waals surface area contributed by atoms with Gasteiger partial charge in [0.15, 0.2) is 0 Å². The lowest BCUT2D eigenvalue weighted by atomic mass is 9.46. The first kappa shape index (κ1) is 26.9. The van der Waals surface area contributed by atoms with Crippen LogP contribution < -0.4 is 11.1 Å². The fourth-order valence-electron chi connectivity index (χ4n) is 7.15. The summed E-state index contributed by atoms with van der Waals surface area (Å²) in [6, 6.07) is 4.01. The van der Waals surface area contributed by atoms with Gasteiger partial charge < -0.3 is 11.1 Å². The maximum Gasteiger partial charge on any atom is 0.417 e. The summed E-state index contributed by atoms with van der Waals surface area (Å²) in [6.45, 7) is 4.38. The second-order valence-corrected chi connectivity index (χ2v) is 13.3. The lowest BCUT2D eigenvalue weighted by molar-refractivity contribution is -0.152. The first-order chi connectivity index (χ1) is 16.6. The minimum absolute atomic E-state index is 0.140. The van der Waals surface area contributed by atoms with Crippen molar-refractivity contribution in [1.29, 1.82) is 0 Å². The predicted octanol–water partition coefficient (Wildman–Crippen LogP) is 3.83. The van der Waals surface area contributed by atoms with Crippen LogP contribution in [0.15, 0.2) is 29.2 Å². The molecule has 3 N–H and O–H groups in total. The second kappa shape index (κ2) is 8.72. The minimum Gasteiger partial charge on any atom is -0.369 e. The topological polar surface area (TPSA) is 110 Å². The van der Waals surface area contributed by atoms with Crippen molar-refractivity contribution >= 4 is 21.8 Å². The average Bonchev–Trinajstić information content (AvgIpc) is 2.75. The van der Waals surface area contributed by atoms with E-state index in [0.29, 0.717) is 38.5 Å². The number of rotatable bonds is 8. The van der Waals surface area contributed by atoms with Gasteiger partial charge in [-0.1, -0.05) is 19.1 Å². The molecule has 0 radical (unpaired) electrons. The Labute approximate surface area is 210 Å². The number of carbonyl (C=O) groups excluding carboxylic acids is 2. The van der Waals surface area contributed by atoms with Gasteiger partial charge in [0, 0.05) is 12.1 Å². The van der Waals surface area contributed by atoms with Gasteiger partial charge >= 0.3 is 6.18 Å². The maximum absolute atomic E-state index is 13.7. The number of alkyl halides is 3. The van der Waals surface area contributed by atoms with Crippen LogP contribution in [0.5, 0.6) is 0 Å². The number of amides is 2. The summed E-state index contributed by atoms with van der Waals surface area (Å²) in [5.74, 6) is -0.466. The Bertz CT molecular complexity index is 1150. The monoisotopic (exact) mass is 529 g/mol. The molecule has 2 unspecified atom stereocenters. The van der Waals surface area contributed by atoms with Crippen molar-refractivity contribution in [2.24, 2.45) is 23.0 Å². The number of benzene rings is 1. The van der Waals surface area contributed by atoms with Crippen LogP contribution >= 0.6 is 0 Å². The Morgan fingerprint density at radius 1 is 1.11 bits per heavy atom. The van der Waals surface area contributed by atoms with Crippen LogP contribution in [0.2, 0.25) is 0 Å². The van der Waals surface area contributed by atoms with E-state index in [1.54, 1.807) is 6.92 Å². The molecule has 0 saturated heterocycles. The van der Waals surface area contributed by atoms with Crippen LogP contribution in [0.1, 0.15) is 71.3 Å². The van der Waals surface area contributed by atoms with Crippen molar-refractivity contribution < 1.29 is 31.2 Å². The van der Waals surface area contributed by atoms with Gasteiger partial charge in [-0.2, -0.15) is 17.5 Å². The molecule has 0 spiro atoms. The highest BCUT2D eigenvalue weighted by Crippen LogP contribution is 2.61. The Hall–Kier alpha value is -2.14. The Morgan fingerprint density at radius 2 is 1.69 bits per heavy atom. The summed E-state index contributed by atoms with van der Waals surface area (Å²) in [5, 5.41) is 3.08. The summed E-state index contributed by atoms with van der Waals surface area (Å²) < 4.78 is 69.1. The number of nitrogens with one attached hydrogen (secondary N) is 1. The fraction of sp³-hybridized carbons (Fsp3) is 0.680. The van der Waals surface area contributed by atoms with E-state index in [4.69, 9.17) is 5.73 Å². The van der Waals surface area contributed by atoms with Crippen molar-refractivity contribution in [3.63, 3.8) is 0 Å². The normalized spacial score (nSPS) is 30.0. The number of hydrogen-bond acceptors (Lipinski definition) is 4. The molecule has 4 aliphatic carbocycles. The third-order valence-electron chi connectivity index (χ3n) is 8.33. The molecule has 11 heteroatoms. The molecule has 2 atom stereocenters. The molecule has 4 saturated carbocycles. The highest BCUT2D eigenvalue weighted by Gasteiger charge is 2.61. The lowest BCUT2D eigenvalue weighted by Gasteiger charge is -2.61. The van der Waals surface area contributed by atoms with Gasteiger partial charge in [-0.15, -0.1) is 0 Å². The number of nitrogens with zero attached hydrogens (tertiary/aromatic N) is 1. The summed E-state index contributed by atoms with van der Waals surface area (Å²) in [5.41, 5.74) is 1.48. The van der Waals surface area contributed by atoms with Crippen molar-refractivity contribution in [1.82, 2.24) is 9.62 Å². The summed E-state index contributed by atoms with van der Waals surface area (Å²) in [7, 11) is -4.69. The number of halogens is 3. The van der Waals surface area contributed by atoms with Gasteiger partial charge in [-0.3, -0.25) is 9.59 Å². The van der Waals surface area contributed by atoms with Gasteiger partial charge in [0.05, 0.1) is 15.9 Å². The van der Waals surface area contributed by atoms with Crippen molar-refractivity contribution in [2.45, 2.75) is 87.9 Å². The van der Waals surface area contributed by atoms with E-state index in [-0.39, 0.29) is 24.3 Å². The predicted molar refractivity (Wildman–Crippen MR) is 127 cm³/mol. The van der Waals surface area contributed by atoms with Gasteiger partial charge in [0.25, 0.3) is 0 Å². The zero-order valence-electron chi connectivity index (χ0n) is 20.8. The number of sulfonamides is 1. The molecule has 4 fully saturated rings. The molecular formula is C25H34F3N3O4S. The van der Waals surface area contributed by atoms with Crippen LogP contribution in [-0.4, -0.2) is 42.2 Å². The third-order valence-corrected chi connectivity index (χ3v) is 10.5. The Morgan fingerprint density at radius 3 is 2.22 bits per heavy atom. The third kappa shape index (κ3) is 4.42. The van der Waals surface area contributed by atoms with E-state index in [2.05, 4.69) is 5.32 Å². The van der Waals surface area contributed by atoms with Crippen LogP contribution in [0.3, 0.4) is 0 Å². The van der Waals surface area contributed by atoms with E-state index >= 15 is 0 Å². The molecule has 4 bridgehead atoms. The standard InChI is InChI=1S/C25H34F3N3O4S/c1-4-9-31(36(34,35)19-8-6-5-7-18(19)25(26,27)28)22(2,3)21(33)30-24-13-16-10-17(14-24)12-23(11-16,15-24)20(29)32/h5-8,16-17H,4,9-15H2,1-3H3,(H2,29,32)(H,30,33). The van der Waals surface area contributed by atoms with Gasteiger partial charge in [-0.25, -0.2) is 8.42 Å². The van der Waals surface area contributed by atoms with Gasteiger partial charge in [0.1, 0.15) is 5.54 Å². The highest BCUT2D eigenvalue weighted by atomic mass is 32.2. The molecule has 200 valence electrons. The van der Waals surface area contributed by atoms with Crippen molar-refractivity contribution in [3.8, 4) is 0 Å². The molecule has 1 aromatic rings.